The maximum Gasteiger partial charge on any atom is 0.308 e. The summed E-state index contributed by atoms with van der Waals surface area (Å²) < 4.78 is 1.76. The predicted octanol–water partition coefficient (Wildman–Crippen LogP) is 2.56. The smallest absolute Gasteiger partial charge is 0.308 e. The van der Waals surface area contributed by atoms with E-state index in [1.165, 1.54) is 0 Å². The molecule has 2 atom stereocenters. The van der Waals surface area contributed by atoms with E-state index in [0.29, 0.717) is 6.42 Å². The van der Waals surface area contributed by atoms with Crippen LogP contribution in [0.3, 0.4) is 0 Å². The number of aliphatic carboxylic acids is 1. The fourth-order valence-electron chi connectivity index (χ4n) is 3.41. The molecule has 1 heterocycles. The van der Waals surface area contributed by atoms with Gasteiger partial charge in [-0.15, -0.1) is 0 Å². The van der Waals surface area contributed by atoms with E-state index in [1.807, 2.05) is 36.5 Å². The fourth-order valence-corrected chi connectivity index (χ4v) is 3.41. The van der Waals surface area contributed by atoms with E-state index >= 15 is 0 Å². The summed E-state index contributed by atoms with van der Waals surface area (Å²) in [5, 5.41) is 16.5. The molecule has 1 saturated carbocycles. The molecular formula is C19H23N3O3. The van der Waals surface area contributed by atoms with Gasteiger partial charge in [-0.2, -0.15) is 5.10 Å². The summed E-state index contributed by atoms with van der Waals surface area (Å²) in [6.45, 7) is 0. The number of benzene rings is 1. The molecule has 1 amide bonds. The zero-order valence-electron chi connectivity index (χ0n) is 14.1. The molecule has 2 N–H and O–H groups in total. The van der Waals surface area contributed by atoms with Crippen molar-refractivity contribution in [2.24, 2.45) is 5.92 Å². The van der Waals surface area contributed by atoms with Gasteiger partial charge in [0.25, 0.3) is 0 Å². The molecule has 1 aromatic heterocycles. The van der Waals surface area contributed by atoms with E-state index in [4.69, 9.17) is 0 Å². The third kappa shape index (κ3) is 4.47. The van der Waals surface area contributed by atoms with Crippen molar-refractivity contribution in [3.63, 3.8) is 0 Å². The minimum atomic E-state index is -0.809. The van der Waals surface area contributed by atoms with Crippen LogP contribution >= 0.6 is 0 Å². The average molecular weight is 341 g/mol. The molecule has 0 radical (unpaired) electrons. The summed E-state index contributed by atoms with van der Waals surface area (Å²) in [5.41, 5.74) is 1.83. The van der Waals surface area contributed by atoms with Crippen molar-refractivity contribution >= 4 is 11.9 Å². The number of carboxylic acids is 1. The van der Waals surface area contributed by atoms with Crippen LogP contribution in [0.15, 0.2) is 42.7 Å². The average Bonchev–Trinajstić information content (AvgIpc) is 3.02. The highest BCUT2D eigenvalue weighted by Gasteiger charge is 2.30. The number of nitrogens with zero attached hydrogens (tertiary/aromatic N) is 2. The lowest BCUT2D eigenvalue weighted by atomic mass is 9.94. The number of carbonyl (C=O) groups is 2. The van der Waals surface area contributed by atoms with Crippen LogP contribution in [0.5, 0.6) is 0 Å². The summed E-state index contributed by atoms with van der Waals surface area (Å²) in [7, 11) is 0. The first-order valence-corrected chi connectivity index (χ1v) is 8.74. The van der Waals surface area contributed by atoms with Gasteiger partial charge in [-0.3, -0.25) is 9.59 Å². The number of hydrogen-bond donors (Lipinski definition) is 2. The van der Waals surface area contributed by atoms with Crippen molar-refractivity contribution < 1.29 is 14.7 Å². The Balaban J connectivity index is 1.60. The summed E-state index contributed by atoms with van der Waals surface area (Å²) >= 11 is 0. The Kier molecular flexibility index (Phi) is 5.48. The molecule has 25 heavy (non-hydrogen) atoms. The van der Waals surface area contributed by atoms with Crippen LogP contribution in [0.25, 0.3) is 5.69 Å². The van der Waals surface area contributed by atoms with Gasteiger partial charge in [0.05, 0.1) is 18.0 Å². The molecule has 6 heteroatoms. The maximum atomic E-state index is 12.4. The molecule has 1 fully saturated rings. The molecule has 0 bridgehead atoms. The van der Waals surface area contributed by atoms with E-state index in [0.717, 1.165) is 36.9 Å². The zero-order valence-corrected chi connectivity index (χ0v) is 14.1. The number of rotatable bonds is 5. The minimum Gasteiger partial charge on any atom is -0.481 e. The van der Waals surface area contributed by atoms with Gasteiger partial charge >= 0.3 is 5.97 Å². The normalized spacial score (nSPS) is 20.6. The molecule has 1 aliphatic carbocycles. The molecule has 1 aromatic carbocycles. The van der Waals surface area contributed by atoms with E-state index in [9.17, 15) is 14.7 Å². The Bertz CT molecular complexity index is 710. The molecule has 0 unspecified atom stereocenters. The quantitative estimate of drug-likeness (QED) is 0.819. The van der Waals surface area contributed by atoms with E-state index in [2.05, 4.69) is 10.4 Å². The Morgan fingerprint density at radius 2 is 1.92 bits per heavy atom. The molecule has 3 rings (SSSR count). The van der Waals surface area contributed by atoms with Crippen LogP contribution in [-0.4, -0.2) is 32.8 Å². The topological polar surface area (TPSA) is 84.2 Å². The lowest BCUT2D eigenvalue weighted by molar-refractivity contribution is -0.143. The molecule has 1 aliphatic rings. The van der Waals surface area contributed by atoms with Crippen LogP contribution in [0.1, 0.15) is 37.7 Å². The summed E-state index contributed by atoms with van der Waals surface area (Å²) in [6.07, 6.45) is 8.12. The summed E-state index contributed by atoms with van der Waals surface area (Å²) in [4.78, 5) is 23.8. The number of hydrogen-bond acceptors (Lipinski definition) is 3. The van der Waals surface area contributed by atoms with Gasteiger partial charge in [0.2, 0.25) is 5.91 Å². The highest BCUT2D eigenvalue weighted by molar-refractivity contribution is 5.80. The van der Waals surface area contributed by atoms with Crippen LogP contribution in [0.2, 0.25) is 0 Å². The lowest BCUT2D eigenvalue weighted by Crippen LogP contribution is -2.43. The van der Waals surface area contributed by atoms with Crippen molar-refractivity contribution in [3.05, 3.63) is 48.3 Å². The van der Waals surface area contributed by atoms with E-state index in [-0.39, 0.29) is 18.4 Å². The number of amides is 1. The number of nitrogens with one attached hydrogen (secondary N) is 1. The summed E-state index contributed by atoms with van der Waals surface area (Å²) in [5.74, 6) is -1.41. The minimum absolute atomic E-state index is 0.120. The van der Waals surface area contributed by atoms with Gasteiger partial charge in [-0.25, -0.2) is 4.68 Å². The fraction of sp³-hybridized carbons (Fsp3) is 0.421. The number of aromatic nitrogens is 2. The van der Waals surface area contributed by atoms with Gasteiger partial charge in [0.15, 0.2) is 0 Å². The van der Waals surface area contributed by atoms with Gasteiger partial charge in [-0.1, -0.05) is 31.4 Å². The first-order valence-electron chi connectivity index (χ1n) is 8.74. The van der Waals surface area contributed by atoms with Crippen molar-refractivity contribution in [2.75, 3.05) is 0 Å². The zero-order chi connectivity index (χ0) is 17.6. The van der Waals surface area contributed by atoms with E-state index < -0.39 is 11.9 Å². The summed E-state index contributed by atoms with van der Waals surface area (Å²) in [6, 6.07) is 9.22. The van der Waals surface area contributed by atoms with Crippen LogP contribution in [-0.2, 0) is 16.0 Å². The third-order valence-electron chi connectivity index (χ3n) is 4.75. The van der Waals surface area contributed by atoms with Crippen LogP contribution < -0.4 is 5.32 Å². The molecule has 0 aliphatic heterocycles. The second-order valence-electron chi connectivity index (χ2n) is 6.55. The number of carboxylic acid groups (broad SMARTS) is 1. The Hall–Kier alpha value is -2.63. The molecule has 0 saturated heterocycles. The first-order chi connectivity index (χ1) is 12.1. The largest absolute Gasteiger partial charge is 0.481 e. The second-order valence-corrected chi connectivity index (χ2v) is 6.55. The third-order valence-corrected chi connectivity index (χ3v) is 4.75. The Morgan fingerprint density at radius 3 is 2.60 bits per heavy atom. The molecule has 6 nitrogen and oxygen atoms in total. The van der Waals surface area contributed by atoms with Gasteiger partial charge in [0, 0.05) is 18.4 Å². The van der Waals surface area contributed by atoms with Crippen LogP contribution in [0.4, 0.5) is 0 Å². The molecule has 2 aromatic rings. The van der Waals surface area contributed by atoms with Crippen LogP contribution in [0, 0.1) is 5.92 Å². The van der Waals surface area contributed by atoms with Gasteiger partial charge < -0.3 is 10.4 Å². The van der Waals surface area contributed by atoms with Crippen molar-refractivity contribution in [3.8, 4) is 5.69 Å². The molecular weight excluding hydrogens is 318 g/mol. The maximum absolute atomic E-state index is 12.4. The molecule has 0 spiro atoms. The standard InChI is InChI=1S/C19H23N3O3/c23-18(21-17-6-3-1-2-5-16(17)19(24)25)13-14-7-9-15(10-8-14)22-12-4-11-20-22/h4,7-12,16-17H,1-3,5-6,13H2,(H,21,23)(H,24,25)/t16-,17+/m0/s1. The van der Waals surface area contributed by atoms with Crippen molar-refractivity contribution in [1.82, 2.24) is 15.1 Å². The SMILES string of the molecule is O=C(Cc1ccc(-n2cccn2)cc1)N[C@@H]1CCCCC[C@@H]1C(=O)O. The van der Waals surface area contributed by atoms with Gasteiger partial charge in [-0.05, 0) is 36.6 Å². The Morgan fingerprint density at radius 1 is 1.16 bits per heavy atom. The lowest BCUT2D eigenvalue weighted by Gasteiger charge is -2.23. The number of carbonyl (C=O) groups excluding carboxylic acids is 1. The predicted molar refractivity (Wildman–Crippen MR) is 93.4 cm³/mol. The highest BCUT2D eigenvalue weighted by Crippen LogP contribution is 2.24. The first kappa shape index (κ1) is 17.2. The highest BCUT2D eigenvalue weighted by atomic mass is 16.4. The van der Waals surface area contributed by atoms with Gasteiger partial charge in [0.1, 0.15) is 0 Å². The second kappa shape index (κ2) is 7.96. The van der Waals surface area contributed by atoms with E-state index in [1.54, 1.807) is 10.9 Å². The van der Waals surface area contributed by atoms with Crippen molar-refractivity contribution in [1.29, 1.82) is 0 Å². The Labute approximate surface area is 146 Å². The van der Waals surface area contributed by atoms with Crippen molar-refractivity contribution in [2.45, 2.75) is 44.6 Å². The molecule has 132 valence electrons. The monoisotopic (exact) mass is 341 g/mol.